The van der Waals surface area contributed by atoms with Crippen LogP contribution in [-0.4, -0.2) is 35.4 Å². The summed E-state index contributed by atoms with van der Waals surface area (Å²) in [5, 5.41) is 3.67. The van der Waals surface area contributed by atoms with Crippen LogP contribution in [0.2, 0.25) is 5.02 Å². The molecule has 0 aromatic heterocycles. The third-order valence-corrected chi connectivity index (χ3v) is 5.73. The number of ether oxygens (including phenoxy) is 1. The van der Waals surface area contributed by atoms with Gasteiger partial charge in [0.2, 0.25) is 11.8 Å². The van der Waals surface area contributed by atoms with E-state index in [1.807, 2.05) is 64.1 Å². The second kappa shape index (κ2) is 13.1. The van der Waals surface area contributed by atoms with E-state index in [4.69, 9.17) is 16.3 Å². The Morgan fingerprint density at radius 1 is 1.03 bits per heavy atom. The lowest BCUT2D eigenvalue weighted by Gasteiger charge is -2.31. The smallest absolute Gasteiger partial charge is 0.243 e. The van der Waals surface area contributed by atoms with Crippen LogP contribution in [-0.2, 0) is 16.1 Å². The highest BCUT2D eigenvalue weighted by atomic mass is 35.5. The van der Waals surface area contributed by atoms with Crippen molar-refractivity contribution in [3.8, 4) is 5.75 Å². The van der Waals surface area contributed by atoms with Crippen LogP contribution in [0.3, 0.4) is 0 Å². The molecule has 0 saturated carbocycles. The van der Waals surface area contributed by atoms with Crippen molar-refractivity contribution >= 4 is 23.4 Å². The monoisotopic (exact) mass is 458 g/mol. The minimum atomic E-state index is -0.523. The summed E-state index contributed by atoms with van der Waals surface area (Å²) in [6.07, 6.45) is 2.27. The van der Waals surface area contributed by atoms with E-state index < -0.39 is 6.04 Å². The highest BCUT2D eigenvalue weighted by molar-refractivity contribution is 6.30. The lowest BCUT2D eigenvalue weighted by Crippen LogP contribution is -2.50. The normalized spacial score (nSPS) is 12.7. The standard InChI is InChI=1S/C26H35ClN2O3/c1-5-20(4)28-26(31)24(6-2)29(18-21-11-13-22(27)14-12-21)25(30)8-7-17-32-23-15-9-19(3)10-16-23/h9-16,20,24H,5-8,17-18H2,1-4H3,(H,28,31)/t20-,24-/m0/s1. The summed E-state index contributed by atoms with van der Waals surface area (Å²) in [6.45, 7) is 8.76. The molecule has 6 heteroatoms. The fourth-order valence-electron chi connectivity index (χ4n) is 3.34. The van der Waals surface area contributed by atoms with Gasteiger partial charge in [0.25, 0.3) is 0 Å². The van der Waals surface area contributed by atoms with E-state index in [1.165, 1.54) is 5.56 Å². The Bertz CT molecular complexity index is 852. The molecule has 174 valence electrons. The maximum Gasteiger partial charge on any atom is 0.243 e. The first-order chi connectivity index (χ1) is 15.3. The maximum absolute atomic E-state index is 13.2. The second-order valence-electron chi connectivity index (χ2n) is 8.16. The van der Waals surface area contributed by atoms with Crippen molar-refractivity contribution in [2.75, 3.05) is 6.61 Å². The third-order valence-electron chi connectivity index (χ3n) is 5.48. The molecule has 0 spiro atoms. The fraction of sp³-hybridized carbons (Fsp3) is 0.462. The van der Waals surface area contributed by atoms with Gasteiger partial charge < -0.3 is 15.0 Å². The van der Waals surface area contributed by atoms with E-state index in [2.05, 4.69) is 5.32 Å². The topological polar surface area (TPSA) is 58.6 Å². The number of rotatable bonds is 12. The van der Waals surface area contributed by atoms with E-state index in [1.54, 1.807) is 17.0 Å². The summed E-state index contributed by atoms with van der Waals surface area (Å²) >= 11 is 6.01. The first-order valence-electron chi connectivity index (χ1n) is 11.4. The molecular formula is C26H35ClN2O3. The van der Waals surface area contributed by atoms with Gasteiger partial charge in [0.15, 0.2) is 0 Å². The van der Waals surface area contributed by atoms with E-state index in [0.29, 0.717) is 37.4 Å². The Morgan fingerprint density at radius 2 is 1.69 bits per heavy atom. The zero-order valence-electron chi connectivity index (χ0n) is 19.6. The number of hydrogen-bond donors (Lipinski definition) is 1. The van der Waals surface area contributed by atoms with Crippen molar-refractivity contribution < 1.29 is 14.3 Å². The van der Waals surface area contributed by atoms with Gasteiger partial charge in [0.05, 0.1) is 6.61 Å². The summed E-state index contributed by atoms with van der Waals surface area (Å²) in [7, 11) is 0. The summed E-state index contributed by atoms with van der Waals surface area (Å²) in [5.74, 6) is 0.624. The number of hydrogen-bond acceptors (Lipinski definition) is 3. The molecule has 0 aliphatic heterocycles. The molecule has 0 aliphatic rings. The van der Waals surface area contributed by atoms with Crippen LogP contribution in [0.4, 0.5) is 0 Å². The second-order valence-corrected chi connectivity index (χ2v) is 8.59. The third kappa shape index (κ3) is 8.19. The number of carbonyl (C=O) groups excluding carboxylic acids is 2. The predicted octanol–water partition coefficient (Wildman–Crippen LogP) is 5.53. The van der Waals surface area contributed by atoms with E-state index in [9.17, 15) is 9.59 Å². The number of benzene rings is 2. The lowest BCUT2D eigenvalue weighted by molar-refractivity contribution is -0.141. The average molecular weight is 459 g/mol. The van der Waals surface area contributed by atoms with E-state index in [-0.39, 0.29) is 17.9 Å². The molecule has 2 amide bonds. The largest absolute Gasteiger partial charge is 0.494 e. The van der Waals surface area contributed by atoms with Gasteiger partial charge in [-0.25, -0.2) is 0 Å². The number of aryl methyl sites for hydroxylation is 1. The molecule has 0 bridgehead atoms. The Balaban J connectivity index is 2.05. The number of amides is 2. The fourth-order valence-corrected chi connectivity index (χ4v) is 3.46. The van der Waals surface area contributed by atoms with Gasteiger partial charge >= 0.3 is 0 Å². The molecule has 2 aromatic carbocycles. The Hall–Kier alpha value is -2.53. The molecule has 0 unspecified atom stereocenters. The summed E-state index contributed by atoms with van der Waals surface area (Å²) in [4.78, 5) is 27.8. The quantitative estimate of drug-likeness (QED) is 0.425. The highest BCUT2D eigenvalue weighted by Gasteiger charge is 2.28. The molecule has 1 N–H and O–H groups in total. The van der Waals surface area contributed by atoms with Crippen molar-refractivity contribution in [3.05, 3.63) is 64.7 Å². The zero-order valence-corrected chi connectivity index (χ0v) is 20.3. The van der Waals surface area contributed by atoms with Crippen molar-refractivity contribution in [1.29, 1.82) is 0 Å². The molecule has 32 heavy (non-hydrogen) atoms. The predicted molar refractivity (Wildman–Crippen MR) is 130 cm³/mol. The SMILES string of the molecule is CC[C@H](C)NC(=O)[C@H](CC)N(Cc1ccc(Cl)cc1)C(=O)CCCOc1ccc(C)cc1. The van der Waals surface area contributed by atoms with Gasteiger partial charge in [-0.05, 0) is 62.9 Å². The molecule has 2 rings (SSSR count). The molecular weight excluding hydrogens is 424 g/mol. The molecule has 0 aliphatic carbocycles. The number of carbonyl (C=O) groups is 2. The number of nitrogens with zero attached hydrogens (tertiary/aromatic N) is 1. The van der Waals surface area contributed by atoms with Crippen LogP contribution in [0.1, 0.15) is 57.6 Å². The summed E-state index contributed by atoms with van der Waals surface area (Å²) in [5.41, 5.74) is 2.11. The Labute approximate surface area is 197 Å². The summed E-state index contributed by atoms with van der Waals surface area (Å²) < 4.78 is 5.76. The van der Waals surface area contributed by atoms with Gasteiger partial charge in [0.1, 0.15) is 11.8 Å². The first kappa shape index (κ1) is 25.7. The Morgan fingerprint density at radius 3 is 2.28 bits per heavy atom. The van der Waals surface area contributed by atoms with Crippen LogP contribution in [0, 0.1) is 6.92 Å². The number of halogens is 1. The molecule has 0 radical (unpaired) electrons. The van der Waals surface area contributed by atoms with Crippen molar-refractivity contribution in [3.63, 3.8) is 0 Å². The van der Waals surface area contributed by atoms with Crippen molar-refractivity contribution in [1.82, 2.24) is 10.2 Å². The molecule has 0 saturated heterocycles. The lowest BCUT2D eigenvalue weighted by atomic mass is 10.1. The molecule has 0 fully saturated rings. The van der Waals surface area contributed by atoms with Crippen LogP contribution in [0.25, 0.3) is 0 Å². The first-order valence-corrected chi connectivity index (χ1v) is 11.8. The van der Waals surface area contributed by atoms with Gasteiger partial charge in [-0.3, -0.25) is 9.59 Å². The molecule has 2 aromatic rings. The Kier molecular flexibility index (Phi) is 10.5. The van der Waals surface area contributed by atoms with Gasteiger partial charge in [-0.1, -0.05) is 55.3 Å². The minimum Gasteiger partial charge on any atom is -0.494 e. The summed E-state index contributed by atoms with van der Waals surface area (Å²) in [6, 6.07) is 14.8. The highest BCUT2D eigenvalue weighted by Crippen LogP contribution is 2.17. The average Bonchev–Trinajstić information content (AvgIpc) is 2.78. The van der Waals surface area contributed by atoms with Gasteiger partial charge in [0, 0.05) is 24.0 Å². The van der Waals surface area contributed by atoms with Crippen molar-refractivity contribution in [2.24, 2.45) is 0 Å². The minimum absolute atomic E-state index is 0.0568. The van der Waals surface area contributed by atoms with Crippen LogP contribution in [0.15, 0.2) is 48.5 Å². The van der Waals surface area contributed by atoms with E-state index >= 15 is 0 Å². The molecule has 0 heterocycles. The van der Waals surface area contributed by atoms with Crippen LogP contribution >= 0.6 is 11.6 Å². The van der Waals surface area contributed by atoms with Crippen molar-refractivity contribution in [2.45, 2.75) is 72.0 Å². The van der Waals surface area contributed by atoms with E-state index in [0.717, 1.165) is 17.7 Å². The number of nitrogens with one attached hydrogen (secondary N) is 1. The van der Waals surface area contributed by atoms with Crippen LogP contribution in [0.5, 0.6) is 5.75 Å². The maximum atomic E-state index is 13.2. The molecule has 5 nitrogen and oxygen atoms in total. The zero-order chi connectivity index (χ0) is 23.5. The van der Waals surface area contributed by atoms with Crippen LogP contribution < -0.4 is 10.1 Å². The van der Waals surface area contributed by atoms with Gasteiger partial charge in [-0.15, -0.1) is 0 Å². The molecule has 2 atom stereocenters. The van der Waals surface area contributed by atoms with Gasteiger partial charge in [-0.2, -0.15) is 0 Å².